The summed E-state index contributed by atoms with van der Waals surface area (Å²) in [6, 6.07) is 0. The molecule has 98 valence electrons. The fraction of sp³-hybridized carbons (Fsp3) is 0.917. The van der Waals surface area contributed by atoms with Gasteiger partial charge in [-0.2, -0.15) is 0 Å². The number of carbonyl (C=O) groups is 1. The summed E-state index contributed by atoms with van der Waals surface area (Å²) < 4.78 is 0. The summed E-state index contributed by atoms with van der Waals surface area (Å²) in [5, 5.41) is 0.239. The maximum Gasteiger partial charge on any atom is 0.235 e. The normalized spacial score (nSPS) is 27.1. The number of halogens is 1. The van der Waals surface area contributed by atoms with E-state index >= 15 is 0 Å². The quantitative estimate of drug-likeness (QED) is 0.733. The van der Waals surface area contributed by atoms with Crippen LogP contribution >= 0.6 is 23.4 Å². The minimum absolute atomic E-state index is 0.239. The third-order valence-electron chi connectivity index (χ3n) is 3.54. The molecule has 5 heteroatoms. The average Bonchev–Trinajstić information content (AvgIpc) is 2.40. The Hall–Kier alpha value is 0.0700. The SMILES string of the molecule is O=C(C1CCCCS1)N1CCN(CCCl)CC1. The third kappa shape index (κ3) is 3.76. The first-order valence-electron chi connectivity index (χ1n) is 6.50. The third-order valence-corrected chi connectivity index (χ3v) is 5.07. The molecule has 2 heterocycles. The first-order chi connectivity index (χ1) is 8.31. The van der Waals surface area contributed by atoms with Gasteiger partial charge in [0, 0.05) is 38.6 Å². The van der Waals surface area contributed by atoms with E-state index < -0.39 is 0 Å². The molecule has 0 aromatic heterocycles. The van der Waals surface area contributed by atoms with Crippen LogP contribution in [0.15, 0.2) is 0 Å². The molecule has 1 atom stereocenters. The number of nitrogens with zero attached hydrogens (tertiary/aromatic N) is 2. The Morgan fingerprint density at radius 1 is 1.24 bits per heavy atom. The zero-order valence-corrected chi connectivity index (χ0v) is 11.8. The summed E-state index contributed by atoms with van der Waals surface area (Å²) in [7, 11) is 0. The van der Waals surface area contributed by atoms with Gasteiger partial charge in [-0.15, -0.1) is 23.4 Å². The molecule has 0 aliphatic carbocycles. The van der Waals surface area contributed by atoms with Crippen LogP contribution in [0.2, 0.25) is 0 Å². The van der Waals surface area contributed by atoms with Crippen LogP contribution in [-0.2, 0) is 4.79 Å². The van der Waals surface area contributed by atoms with Gasteiger partial charge in [0.2, 0.25) is 5.91 Å². The zero-order chi connectivity index (χ0) is 12.1. The number of carbonyl (C=O) groups excluding carboxylic acids is 1. The highest BCUT2D eigenvalue weighted by Gasteiger charge is 2.28. The molecular formula is C12H21ClN2OS. The molecule has 17 heavy (non-hydrogen) atoms. The van der Waals surface area contributed by atoms with Gasteiger partial charge >= 0.3 is 0 Å². The van der Waals surface area contributed by atoms with Crippen molar-refractivity contribution >= 4 is 29.3 Å². The summed E-state index contributed by atoms with van der Waals surface area (Å²) in [6.07, 6.45) is 3.57. The second kappa shape index (κ2) is 6.86. The molecule has 0 N–H and O–H groups in total. The lowest BCUT2D eigenvalue weighted by Crippen LogP contribution is -2.51. The molecule has 0 spiro atoms. The van der Waals surface area contributed by atoms with E-state index in [2.05, 4.69) is 4.90 Å². The lowest BCUT2D eigenvalue weighted by Gasteiger charge is -2.36. The van der Waals surface area contributed by atoms with Gasteiger partial charge in [0.1, 0.15) is 0 Å². The smallest absolute Gasteiger partial charge is 0.235 e. The van der Waals surface area contributed by atoms with Crippen molar-refractivity contribution in [3.05, 3.63) is 0 Å². The Kier molecular flexibility index (Phi) is 5.45. The number of hydrogen-bond acceptors (Lipinski definition) is 3. The standard InChI is InChI=1S/C12H21ClN2OS/c13-4-5-14-6-8-15(9-7-14)12(16)11-3-1-2-10-17-11/h11H,1-10H2. The Balaban J connectivity index is 1.77. The Morgan fingerprint density at radius 3 is 2.59 bits per heavy atom. The predicted molar refractivity (Wildman–Crippen MR) is 73.8 cm³/mol. The van der Waals surface area contributed by atoms with Crippen LogP contribution in [0.25, 0.3) is 0 Å². The molecule has 2 fully saturated rings. The van der Waals surface area contributed by atoms with Crippen LogP contribution < -0.4 is 0 Å². The van der Waals surface area contributed by atoms with E-state index in [0.29, 0.717) is 11.8 Å². The van der Waals surface area contributed by atoms with Gasteiger partial charge in [-0.05, 0) is 18.6 Å². The number of alkyl halides is 1. The maximum absolute atomic E-state index is 12.3. The summed E-state index contributed by atoms with van der Waals surface area (Å²) in [4.78, 5) is 16.7. The lowest BCUT2D eigenvalue weighted by atomic mass is 10.1. The molecule has 0 bridgehead atoms. The number of piperazine rings is 1. The first kappa shape index (κ1) is 13.5. The van der Waals surface area contributed by atoms with Crippen LogP contribution in [0.3, 0.4) is 0 Å². The number of thioether (sulfide) groups is 1. The number of rotatable bonds is 3. The summed E-state index contributed by atoms with van der Waals surface area (Å²) in [5.74, 6) is 2.22. The molecule has 3 nitrogen and oxygen atoms in total. The molecule has 0 aromatic rings. The molecule has 2 rings (SSSR count). The Labute approximate surface area is 113 Å². The summed E-state index contributed by atoms with van der Waals surface area (Å²) >= 11 is 7.58. The highest BCUT2D eigenvalue weighted by Crippen LogP contribution is 2.26. The predicted octanol–water partition coefficient (Wildman–Crippen LogP) is 1.66. The van der Waals surface area contributed by atoms with Crippen molar-refractivity contribution in [3.8, 4) is 0 Å². The Bertz CT molecular complexity index is 251. The van der Waals surface area contributed by atoms with Crippen LogP contribution in [0.5, 0.6) is 0 Å². The second-order valence-corrected chi connectivity index (χ2v) is 6.40. The minimum atomic E-state index is 0.239. The average molecular weight is 277 g/mol. The van der Waals surface area contributed by atoms with Crippen LogP contribution in [0, 0.1) is 0 Å². The van der Waals surface area contributed by atoms with E-state index in [4.69, 9.17) is 11.6 Å². The fourth-order valence-electron chi connectivity index (χ4n) is 2.45. The highest BCUT2D eigenvalue weighted by atomic mass is 35.5. The zero-order valence-electron chi connectivity index (χ0n) is 10.2. The van der Waals surface area contributed by atoms with Gasteiger partial charge in [-0.3, -0.25) is 9.69 Å². The van der Waals surface area contributed by atoms with Gasteiger partial charge in [0.15, 0.2) is 0 Å². The molecule has 1 amide bonds. The van der Waals surface area contributed by atoms with Crippen LogP contribution in [-0.4, -0.2) is 65.3 Å². The number of hydrogen-bond donors (Lipinski definition) is 0. The maximum atomic E-state index is 12.3. The first-order valence-corrected chi connectivity index (χ1v) is 8.08. The minimum Gasteiger partial charge on any atom is -0.339 e. The van der Waals surface area contributed by atoms with E-state index in [1.807, 2.05) is 16.7 Å². The molecule has 2 saturated heterocycles. The number of amides is 1. The molecule has 1 unspecified atom stereocenters. The van der Waals surface area contributed by atoms with Crippen LogP contribution in [0.4, 0.5) is 0 Å². The molecule has 0 saturated carbocycles. The van der Waals surface area contributed by atoms with Crippen molar-refractivity contribution in [3.63, 3.8) is 0 Å². The summed E-state index contributed by atoms with van der Waals surface area (Å²) in [6.45, 7) is 4.67. The van der Waals surface area contributed by atoms with Gasteiger partial charge < -0.3 is 4.90 Å². The van der Waals surface area contributed by atoms with E-state index in [0.717, 1.165) is 44.9 Å². The van der Waals surface area contributed by atoms with Crippen LogP contribution in [0.1, 0.15) is 19.3 Å². The Morgan fingerprint density at radius 2 is 2.00 bits per heavy atom. The van der Waals surface area contributed by atoms with E-state index in [1.165, 1.54) is 12.8 Å². The van der Waals surface area contributed by atoms with Gasteiger partial charge in [-0.1, -0.05) is 6.42 Å². The highest BCUT2D eigenvalue weighted by molar-refractivity contribution is 8.00. The largest absolute Gasteiger partial charge is 0.339 e. The van der Waals surface area contributed by atoms with Crippen molar-refractivity contribution < 1.29 is 4.79 Å². The lowest BCUT2D eigenvalue weighted by molar-refractivity contribution is -0.132. The van der Waals surface area contributed by atoms with Crippen molar-refractivity contribution in [1.29, 1.82) is 0 Å². The fourth-order valence-corrected chi connectivity index (χ4v) is 3.97. The van der Waals surface area contributed by atoms with E-state index in [9.17, 15) is 4.79 Å². The van der Waals surface area contributed by atoms with Crippen molar-refractivity contribution in [2.75, 3.05) is 44.4 Å². The molecule has 0 aromatic carbocycles. The van der Waals surface area contributed by atoms with Crippen molar-refractivity contribution in [1.82, 2.24) is 9.80 Å². The second-order valence-electron chi connectivity index (χ2n) is 4.71. The summed E-state index contributed by atoms with van der Waals surface area (Å²) in [5.41, 5.74) is 0. The van der Waals surface area contributed by atoms with Gasteiger partial charge in [0.25, 0.3) is 0 Å². The molecule has 2 aliphatic rings. The van der Waals surface area contributed by atoms with E-state index in [-0.39, 0.29) is 5.25 Å². The molecule has 2 aliphatic heterocycles. The van der Waals surface area contributed by atoms with Crippen molar-refractivity contribution in [2.45, 2.75) is 24.5 Å². The molecular weight excluding hydrogens is 256 g/mol. The van der Waals surface area contributed by atoms with E-state index in [1.54, 1.807) is 0 Å². The van der Waals surface area contributed by atoms with Gasteiger partial charge in [-0.25, -0.2) is 0 Å². The topological polar surface area (TPSA) is 23.6 Å². The molecule has 0 radical (unpaired) electrons. The van der Waals surface area contributed by atoms with Gasteiger partial charge in [0.05, 0.1) is 5.25 Å². The van der Waals surface area contributed by atoms with Crippen molar-refractivity contribution in [2.24, 2.45) is 0 Å². The monoisotopic (exact) mass is 276 g/mol.